The van der Waals surface area contributed by atoms with Crippen molar-refractivity contribution < 1.29 is 9.90 Å². The highest BCUT2D eigenvalue weighted by Gasteiger charge is 2.36. The van der Waals surface area contributed by atoms with E-state index in [1.807, 2.05) is 54.0 Å². The number of nitrogens with zero attached hydrogens (tertiary/aromatic N) is 5. The number of pyridine rings is 2. The number of aliphatic hydroxyl groups is 1. The van der Waals surface area contributed by atoms with Crippen molar-refractivity contribution in [1.29, 1.82) is 0 Å². The molecule has 1 aliphatic heterocycles. The van der Waals surface area contributed by atoms with E-state index in [4.69, 9.17) is 0 Å². The fraction of sp³-hybridized carbons (Fsp3) is 0.250. The number of hydrogen-bond acceptors (Lipinski definition) is 5. The highest BCUT2D eigenvalue weighted by Crippen LogP contribution is 2.32. The van der Waals surface area contributed by atoms with Crippen LogP contribution in [0.5, 0.6) is 0 Å². The van der Waals surface area contributed by atoms with Gasteiger partial charge in [0, 0.05) is 31.2 Å². The van der Waals surface area contributed by atoms with Crippen molar-refractivity contribution in [2.75, 3.05) is 13.1 Å². The molecule has 1 amide bonds. The van der Waals surface area contributed by atoms with E-state index in [0.29, 0.717) is 48.4 Å². The van der Waals surface area contributed by atoms with Crippen LogP contribution in [-0.4, -0.2) is 48.5 Å². The molecule has 156 valence electrons. The van der Waals surface area contributed by atoms with E-state index >= 15 is 0 Å². The number of rotatable bonds is 3. The van der Waals surface area contributed by atoms with Crippen molar-refractivity contribution in [2.24, 2.45) is 0 Å². The molecule has 1 aliphatic rings. The summed E-state index contributed by atoms with van der Waals surface area (Å²) in [6, 6.07) is 15.5. The summed E-state index contributed by atoms with van der Waals surface area (Å²) < 4.78 is 1.90. The molecular weight excluding hydrogens is 390 g/mol. The molecule has 3 aromatic heterocycles. The summed E-state index contributed by atoms with van der Waals surface area (Å²) >= 11 is 0. The van der Waals surface area contributed by atoms with Crippen molar-refractivity contribution >= 4 is 17.1 Å². The lowest BCUT2D eigenvalue weighted by Gasteiger charge is -2.37. The molecule has 0 atom stereocenters. The Balaban J connectivity index is 1.33. The average Bonchev–Trinajstić information content (AvgIpc) is 3.23. The maximum atomic E-state index is 13.1. The summed E-state index contributed by atoms with van der Waals surface area (Å²) in [6.07, 6.45) is 5.99. The molecule has 1 N–H and O–H groups in total. The summed E-state index contributed by atoms with van der Waals surface area (Å²) in [5.41, 5.74) is 3.58. The van der Waals surface area contributed by atoms with Gasteiger partial charge in [0.2, 0.25) is 0 Å². The van der Waals surface area contributed by atoms with E-state index in [-0.39, 0.29) is 5.91 Å². The standard InChI is InChI=1S/C24H23N5O2/c1-17-7-8-21(25-14-17)24(31)9-11-28(12-10-24)23(30)18-13-20-22(26-15-18)29(16-27-20)19-5-3-2-4-6-19/h2-8,13-16,31H,9-12H2,1H3. The van der Waals surface area contributed by atoms with E-state index in [2.05, 4.69) is 15.0 Å². The van der Waals surface area contributed by atoms with Gasteiger partial charge in [0.05, 0.1) is 11.3 Å². The van der Waals surface area contributed by atoms with Crippen LogP contribution in [0.2, 0.25) is 0 Å². The minimum atomic E-state index is -0.999. The number of fused-ring (bicyclic) bond motifs is 1. The maximum Gasteiger partial charge on any atom is 0.255 e. The molecule has 1 fully saturated rings. The fourth-order valence-electron chi connectivity index (χ4n) is 4.06. The van der Waals surface area contributed by atoms with E-state index in [1.54, 1.807) is 29.7 Å². The molecule has 0 saturated carbocycles. The Morgan fingerprint density at radius 1 is 1.00 bits per heavy atom. The van der Waals surface area contributed by atoms with Crippen molar-refractivity contribution in [3.8, 4) is 5.69 Å². The van der Waals surface area contributed by atoms with Gasteiger partial charge in [-0.15, -0.1) is 0 Å². The summed E-state index contributed by atoms with van der Waals surface area (Å²) in [4.78, 5) is 28.2. The van der Waals surface area contributed by atoms with Gasteiger partial charge in [-0.1, -0.05) is 24.3 Å². The largest absolute Gasteiger partial charge is 0.383 e. The molecule has 7 heteroatoms. The number of carbonyl (C=O) groups is 1. The smallest absolute Gasteiger partial charge is 0.255 e. The number of para-hydroxylation sites is 1. The Labute approximate surface area is 180 Å². The third-order valence-corrected chi connectivity index (χ3v) is 5.93. The van der Waals surface area contributed by atoms with Crippen molar-refractivity contribution in [3.05, 3.63) is 84.1 Å². The molecule has 0 aliphatic carbocycles. The molecule has 31 heavy (non-hydrogen) atoms. The third-order valence-electron chi connectivity index (χ3n) is 5.93. The number of benzene rings is 1. The number of amides is 1. The predicted molar refractivity (Wildman–Crippen MR) is 117 cm³/mol. The molecule has 4 heterocycles. The topological polar surface area (TPSA) is 84.1 Å². The quantitative estimate of drug-likeness (QED) is 0.557. The van der Waals surface area contributed by atoms with Crippen LogP contribution in [0, 0.1) is 6.92 Å². The van der Waals surface area contributed by atoms with Gasteiger partial charge < -0.3 is 10.0 Å². The number of imidazole rings is 1. The normalized spacial score (nSPS) is 15.9. The van der Waals surface area contributed by atoms with E-state index in [0.717, 1.165) is 11.3 Å². The molecule has 4 aromatic rings. The molecule has 1 aromatic carbocycles. The Morgan fingerprint density at radius 3 is 2.48 bits per heavy atom. The van der Waals surface area contributed by atoms with Gasteiger partial charge >= 0.3 is 0 Å². The first-order chi connectivity index (χ1) is 15.0. The molecular formula is C24H23N5O2. The number of piperidine rings is 1. The zero-order valence-corrected chi connectivity index (χ0v) is 17.3. The monoisotopic (exact) mass is 413 g/mol. The minimum Gasteiger partial charge on any atom is -0.383 e. The Kier molecular flexibility index (Phi) is 4.75. The van der Waals surface area contributed by atoms with Crippen LogP contribution in [0.4, 0.5) is 0 Å². The Bertz CT molecular complexity index is 1230. The van der Waals surface area contributed by atoms with Crippen molar-refractivity contribution in [1.82, 2.24) is 24.4 Å². The Hall–Kier alpha value is -3.58. The van der Waals surface area contributed by atoms with Gasteiger partial charge in [-0.05, 0) is 49.6 Å². The molecule has 5 rings (SSSR count). The molecule has 0 bridgehead atoms. The predicted octanol–water partition coefficient (Wildman–Crippen LogP) is 3.25. The van der Waals surface area contributed by atoms with Crippen LogP contribution in [0.3, 0.4) is 0 Å². The minimum absolute atomic E-state index is 0.0948. The molecule has 0 unspecified atom stereocenters. The van der Waals surface area contributed by atoms with Gasteiger partial charge in [-0.2, -0.15) is 0 Å². The van der Waals surface area contributed by atoms with Gasteiger partial charge in [-0.25, -0.2) is 9.97 Å². The number of aromatic nitrogens is 4. The van der Waals surface area contributed by atoms with Crippen LogP contribution in [0.25, 0.3) is 16.9 Å². The first-order valence-electron chi connectivity index (χ1n) is 10.4. The fourth-order valence-corrected chi connectivity index (χ4v) is 4.06. The highest BCUT2D eigenvalue weighted by atomic mass is 16.3. The number of likely N-dealkylation sites (tertiary alicyclic amines) is 1. The first-order valence-corrected chi connectivity index (χ1v) is 10.4. The number of carbonyl (C=O) groups excluding carboxylic acids is 1. The van der Waals surface area contributed by atoms with E-state index in [1.165, 1.54) is 0 Å². The van der Waals surface area contributed by atoms with Crippen LogP contribution < -0.4 is 0 Å². The zero-order chi connectivity index (χ0) is 21.4. The lowest BCUT2D eigenvalue weighted by atomic mass is 9.87. The molecule has 7 nitrogen and oxygen atoms in total. The summed E-state index contributed by atoms with van der Waals surface area (Å²) in [5.74, 6) is -0.0948. The van der Waals surface area contributed by atoms with Crippen molar-refractivity contribution in [2.45, 2.75) is 25.4 Å². The van der Waals surface area contributed by atoms with E-state index < -0.39 is 5.60 Å². The van der Waals surface area contributed by atoms with Gasteiger partial charge in [-0.3, -0.25) is 14.3 Å². The van der Waals surface area contributed by atoms with Crippen LogP contribution in [0.15, 0.2) is 67.3 Å². The maximum absolute atomic E-state index is 13.1. The zero-order valence-electron chi connectivity index (χ0n) is 17.3. The highest BCUT2D eigenvalue weighted by molar-refractivity contribution is 5.96. The Morgan fingerprint density at radius 2 is 1.77 bits per heavy atom. The van der Waals surface area contributed by atoms with Gasteiger partial charge in [0.15, 0.2) is 5.65 Å². The number of aryl methyl sites for hydroxylation is 1. The molecule has 0 radical (unpaired) electrons. The van der Waals surface area contributed by atoms with Gasteiger partial charge in [0.1, 0.15) is 17.4 Å². The lowest BCUT2D eigenvalue weighted by Crippen LogP contribution is -2.45. The number of hydrogen-bond donors (Lipinski definition) is 1. The second-order valence-electron chi connectivity index (χ2n) is 8.06. The van der Waals surface area contributed by atoms with Crippen LogP contribution in [-0.2, 0) is 5.60 Å². The first kappa shape index (κ1) is 19.4. The van der Waals surface area contributed by atoms with E-state index in [9.17, 15) is 9.90 Å². The molecule has 0 spiro atoms. The van der Waals surface area contributed by atoms with Gasteiger partial charge in [0.25, 0.3) is 5.91 Å². The van der Waals surface area contributed by atoms with Crippen LogP contribution in [0.1, 0.15) is 34.5 Å². The second kappa shape index (κ2) is 7.59. The molecule has 1 saturated heterocycles. The van der Waals surface area contributed by atoms with Crippen LogP contribution >= 0.6 is 0 Å². The summed E-state index contributed by atoms with van der Waals surface area (Å²) in [7, 11) is 0. The average molecular weight is 413 g/mol. The second-order valence-corrected chi connectivity index (χ2v) is 8.06. The SMILES string of the molecule is Cc1ccc(C2(O)CCN(C(=O)c3cnc4c(c3)ncn4-c3ccccc3)CC2)nc1. The lowest BCUT2D eigenvalue weighted by molar-refractivity contribution is -0.0244. The third kappa shape index (κ3) is 3.57. The van der Waals surface area contributed by atoms with Crippen molar-refractivity contribution in [3.63, 3.8) is 0 Å². The summed E-state index contributed by atoms with van der Waals surface area (Å²) in [5, 5.41) is 11.0. The summed E-state index contributed by atoms with van der Waals surface area (Å²) in [6.45, 7) is 2.89.